The molecule has 13 heteroatoms. The summed E-state index contributed by atoms with van der Waals surface area (Å²) in [5.74, 6) is -2.08. The molecule has 0 aliphatic carbocycles. The number of anilines is 1. The smallest absolute Gasteiger partial charge is 0.368 e. The first-order valence-electron chi connectivity index (χ1n) is 12.6. The Kier molecular flexibility index (Phi) is 7.71. The molecule has 1 N–H and O–H groups in total. The molecule has 0 aromatic heterocycles. The van der Waals surface area contributed by atoms with Crippen molar-refractivity contribution in [2.75, 3.05) is 37.6 Å². The van der Waals surface area contributed by atoms with Crippen molar-refractivity contribution >= 4 is 40.7 Å². The van der Waals surface area contributed by atoms with Crippen LogP contribution in [0.5, 0.6) is 0 Å². The lowest BCUT2D eigenvalue weighted by molar-refractivity contribution is -0.202. The molecule has 0 spiro atoms. The van der Waals surface area contributed by atoms with Crippen LogP contribution in [0.3, 0.4) is 0 Å². The van der Waals surface area contributed by atoms with Gasteiger partial charge in [0.15, 0.2) is 0 Å². The van der Waals surface area contributed by atoms with Gasteiger partial charge in [0.05, 0.1) is 34.6 Å². The second kappa shape index (κ2) is 10.8. The molecule has 4 atom stereocenters. The number of fused-ring (bicyclic) bond motifs is 1. The van der Waals surface area contributed by atoms with Crippen molar-refractivity contribution in [3.63, 3.8) is 0 Å². The van der Waals surface area contributed by atoms with E-state index in [0.29, 0.717) is 36.8 Å². The molecule has 7 nitrogen and oxygen atoms in total. The number of carbonyl (C=O) groups excluding carboxylic acids is 2. The molecule has 0 radical (unpaired) electrons. The number of hydrazine groups is 1. The number of benzene rings is 2. The van der Waals surface area contributed by atoms with Gasteiger partial charge in [-0.3, -0.25) is 19.9 Å². The van der Waals surface area contributed by atoms with E-state index in [2.05, 4.69) is 5.32 Å². The summed E-state index contributed by atoms with van der Waals surface area (Å²) in [6.07, 6.45) is -5.50. The van der Waals surface area contributed by atoms with Gasteiger partial charge in [0, 0.05) is 37.9 Å². The molecular formula is C26H27Cl2F4N5O2. The molecule has 0 saturated carbocycles. The molecule has 4 unspecified atom stereocenters. The molecule has 3 saturated heterocycles. The molecule has 2 aromatic rings. The van der Waals surface area contributed by atoms with E-state index in [1.807, 2.05) is 4.90 Å². The maximum absolute atomic E-state index is 14.1. The molecule has 3 aliphatic heterocycles. The Morgan fingerprint density at radius 2 is 1.69 bits per heavy atom. The van der Waals surface area contributed by atoms with Crippen LogP contribution in [0.1, 0.15) is 24.9 Å². The lowest BCUT2D eigenvalue weighted by Gasteiger charge is -2.50. The Morgan fingerprint density at radius 1 is 1.03 bits per heavy atom. The Bertz CT molecular complexity index is 1240. The highest BCUT2D eigenvalue weighted by atomic mass is 35.5. The van der Waals surface area contributed by atoms with E-state index in [-0.39, 0.29) is 28.2 Å². The van der Waals surface area contributed by atoms with Gasteiger partial charge in [-0.1, -0.05) is 29.3 Å². The average molecular weight is 588 g/mol. The fourth-order valence-electron chi connectivity index (χ4n) is 5.78. The topological polar surface area (TPSA) is 59.1 Å². The fourth-order valence-corrected chi connectivity index (χ4v) is 6.09. The van der Waals surface area contributed by atoms with Gasteiger partial charge in [0.2, 0.25) is 11.8 Å². The largest absolute Gasteiger partial charge is 0.407 e. The highest BCUT2D eigenvalue weighted by Crippen LogP contribution is 2.44. The maximum Gasteiger partial charge on any atom is 0.407 e. The number of amides is 2. The molecule has 5 rings (SSSR count). The number of hydrogen-bond acceptors (Lipinski definition) is 5. The summed E-state index contributed by atoms with van der Waals surface area (Å²) in [6, 6.07) is 9.50. The first-order valence-corrected chi connectivity index (χ1v) is 13.3. The van der Waals surface area contributed by atoms with Gasteiger partial charge in [-0.2, -0.15) is 18.2 Å². The second-order valence-electron chi connectivity index (χ2n) is 10.1. The van der Waals surface area contributed by atoms with Crippen molar-refractivity contribution in [3.05, 3.63) is 63.9 Å². The predicted molar refractivity (Wildman–Crippen MR) is 138 cm³/mol. The standard InChI is InChI=1S/C26H27Cl2F4N5O2/c1-15-23(25(39)35-10-8-34(9-11-35)18-5-3-17(29)4-6-18)24(16-2-7-19(27)20(28)12-16)37-21(33-15)13-22(38)36(37)14-26(30,31)32/h2-7,12,15,21,23-24,33H,8-11,13-14H2,1H3. The Morgan fingerprint density at radius 3 is 2.31 bits per heavy atom. The zero-order valence-electron chi connectivity index (χ0n) is 21.0. The number of nitrogens with zero attached hydrogens (tertiary/aromatic N) is 4. The first-order chi connectivity index (χ1) is 18.4. The first kappa shape index (κ1) is 27.9. The number of nitrogens with one attached hydrogen (secondary N) is 1. The van der Waals surface area contributed by atoms with Crippen LogP contribution in [0.4, 0.5) is 23.2 Å². The quantitative estimate of drug-likeness (QED) is 0.535. The van der Waals surface area contributed by atoms with Crippen LogP contribution >= 0.6 is 23.2 Å². The highest BCUT2D eigenvalue weighted by Gasteiger charge is 2.55. The minimum Gasteiger partial charge on any atom is -0.368 e. The van der Waals surface area contributed by atoms with Crippen LogP contribution in [0.15, 0.2) is 42.5 Å². The van der Waals surface area contributed by atoms with Crippen molar-refractivity contribution in [1.29, 1.82) is 0 Å². The molecule has 39 heavy (non-hydrogen) atoms. The minimum absolute atomic E-state index is 0.157. The number of rotatable bonds is 4. The van der Waals surface area contributed by atoms with Gasteiger partial charge in [0.1, 0.15) is 12.4 Å². The maximum atomic E-state index is 14.1. The summed E-state index contributed by atoms with van der Waals surface area (Å²) < 4.78 is 53.9. The van der Waals surface area contributed by atoms with Crippen molar-refractivity contribution < 1.29 is 27.2 Å². The monoisotopic (exact) mass is 587 g/mol. The molecule has 2 aromatic carbocycles. The second-order valence-corrected chi connectivity index (χ2v) is 10.9. The van der Waals surface area contributed by atoms with Crippen LogP contribution in [0.2, 0.25) is 10.0 Å². The number of halogens is 6. The normalized spacial score (nSPS) is 26.2. The fraction of sp³-hybridized carbons (Fsp3) is 0.462. The third kappa shape index (κ3) is 5.68. The Labute approximate surface area is 233 Å². The molecular weight excluding hydrogens is 561 g/mol. The molecule has 3 fully saturated rings. The summed E-state index contributed by atoms with van der Waals surface area (Å²) in [4.78, 5) is 30.6. The van der Waals surface area contributed by atoms with Crippen molar-refractivity contribution in [3.8, 4) is 0 Å². The minimum atomic E-state index is -4.63. The lowest BCUT2D eigenvalue weighted by atomic mass is 9.83. The van der Waals surface area contributed by atoms with E-state index >= 15 is 0 Å². The van der Waals surface area contributed by atoms with Crippen molar-refractivity contribution in [2.24, 2.45) is 5.92 Å². The number of piperazine rings is 1. The van der Waals surface area contributed by atoms with Crippen LogP contribution in [-0.4, -0.2) is 77.8 Å². The van der Waals surface area contributed by atoms with E-state index < -0.39 is 42.8 Å². The Balaban J connectivity index is 1.45. The molecule has 210 valence electrons. The van der Waals surface area contributed by atoms with E-state index in [9.17, 15) is 27.2 Å². The zero-order chi connectivity index (χ0) is 28.1. The van der Waals surface area contributed by atoms with Crippen molar-refractivity contribution in [2.45, 2.75) is 37.8 Å². The van der Waals surface area contributed by atoms with E-state index in [0.717, 1.165) is 5.69 Å². The van der Waals surface area contributed by atoms with Crippen molar-refractivity contribution in [1.82, 2.24) is 20.2 Å². The van der Waals surface area contributed by atoms with Crippen LogP contribution in [0.25, 0.3) is 0 Å². The highest BCUT2D eigenvalue weighted by molar-refractivity contribution is 6.42. The number of carbonyl (C=O) groups is 2. The van der Waals surface area contributed by atoms with Crippen LogP contribution < -0.4 is 10.2 Å². The van der Waals surface area contributed by atoms with Gasteiger partial charge in [-0.15, -0.1) is 0 Å². The van der Waals surface area contributed by atoms with Gasteiger partial charge in [-0.25, -0.2) is 4.39 Å². The third-order valence-corrected chi connectivity index (χ3v) is 8.29. The van der Waals surface area contributed by atoms with Gasteiger partial charge in [0.25, 0.3) is 0 Å². The summed E-state index contributed by atoms with van der Waals surface area (Å²) in [5, 5.41) is 5.72. The molecule has 0 bridgehead atoms. The summed E-state index contributed by atoms with van der Waals surface area (Å²) >= 11 is 12.4. The summed E-state index contributed by atoms with van der Waals surface area (Å²) in [6.45, 7) is 2.11. The van der Waals surface area contributed by atoms with Gasteiger partial charge >= 0.3 is 6.18 Å². The molecule has 3 aliphatic rings. The van der Waals surface area contributed by atoms with E-state index in [1.54, 1.807) is 36.1 Å². The number of alkyl halides is 3. The Hall–Kier alpha value is -2.60. The SMILES string of the molecule is CC1NC2CC(=O)N(CC(F)(F)F)N2C(c2ccc(Cl)c(Cl)c2)C1C(=O)N1CCN(c2ccc(F)cc2)CC1. The summed E-state index contributed by atoms with van der Waals surface area (Å²) in [7, 11) is 0. The van der Waals surface area contributed by atoms with Gasteiger partial charge in [-0.05, 0) is 48.9 Å². The van der Waals surface area contributed by atoms with Crippen LogP contribution in [0, 0.1) is 11.7 Å². The number of hydrogen-bond donors (Lipinski definition) is 1. The van der Waals surface area contributed by atoms with Gasteiger partial charge < -0.3 is 9.80 Å². The van der Waals surface area contributed by atoms with E-state index in [4.69, 9.17) is 23.2 Å². The summed E-state index contributed by atoms with van der Waals surface area (Å²) in [5.41, 5.74) is 1.33. The lowest BCUT2D eigenvalue weighted by Crippen LogP contribution is -2.65. The predicted octanol–water partition coefficient (Wildman–Crippen LogP) is 4.47. The van der Waals surface area contributed by atoms with Crippen LogP contribution in [-0.2, 0) is 9.59 Å². The average Bonchev–Trinajstić information content (AvgIpc) is 3.17. The zero-order valence-corrected chi connectivity index (χ0v) is 22.5. The van der Waals surface area contributed by atoms with E-state index in [1.165, 1.54) is 23.2 Å². The molecule has 3 heterocycles. The molecule has 2 amide bonds. The third-order valence-electron chi connectivity index (χ3n) is 7.56.